The Morgan fingerprint density at radius 2 is 1.25 bits per heavy atom. The first-order valence-corrected chi connectivity index (χ1v) is 21.2. The molecule has 0 bridgehead atoms. The molecule has 2 aliphatic heterocycles. The minimum Gasteiger partial charge on any atom is -0.465 e. The molecule has 3 aromatic carbocycles. The van der Waals surface area contributed by atoms with E-state index >= 15 is 0 Å². The van der Waals surface area contributed by atoms with E-state index in [1.807, 2.05) is 50.1 Å². The molecule has 2 aromatic heterocycles. The normalized spacial score (nSPS) is 19.1. The number of amides is 4. The van der Waals surface area contributed by atoms with Crippen molar-refractivity contribution in [2.45, 2.75) is 101 Å². The van der Waals surface area contributed by atoms with Crippen LogP contribution in [0.2, 0.25) is 0 Å². The maximum atomic E-state index is 14.2. The molecular formula is C47H54N8O6. The Balaban J connectivity index is 0.923. The summed E-state index contributed by atoms with van der Waals surface area (Å²) in [6, 6.07) is 24.0. The summed E-state index contributed by atoms with van der Waals surface area (Å²) >= 11 is 0. The Kier molecular flexibility index (Phi) is 11.4. The van der Waals surface area contributed by atoms with Gasteiger partial charge in [-0.3, -0.25) is 14.5 Å². The van der Waals surface area contributed by atoms with E-state index < -0.39 is 29.4 Å². The van der Waals surface area contributed by atoms with Gasteiger partial charge in [-0.05, 0) is 87.1 Å². The highest BCUT2D eigenvalue weighted by molar-refractivity contribution is 5.91. The van der Waals surface area contributed by atoms with E-state index in [4.69, 9.17) is 14.7 Å². The minimum absolute atomic E-state index is 0.0630. The highest BCUT2D eigenvalue weighted by atomic mass is 16.6. The molecule has 3 atom stereocenters. The van der Waals surface area contributed by atoms with E-state index in [-0.39, 0.29) is 23.9 Å². The fourth-order valence-corrected chi connectivity index (χ4v) is 9.18. The van der Waals surface area contributed by atoms with Gasteiger partial charge in [0.2, 0.25) is 5.91 Å². The van der Waals surface area contributed by atoms with Gasteiger partial charge in [0.1, 0.15) is 28.8 Å². The molecule has 0 radical (unpaired) electrons. The third-order valence-corrected chi connectivity index (χ3v) is 12.2. The number of nitrogens with zero attached hydrogens (tertiary/aromatic N) is 5. The van der Waals surface area contributed by atoms with E-state index in [1.165, 1.54) is 7.05 Å². The predicted molar refractivity (Wildman–Crippen MR) is 230 cm³/mol. The summed E-state index contributed by atoms with van der Waals surface area (Å²) in [5.74, 6) is 1.08. The summed E-state index contributed by atoms with van der Waals surface area (Å²) in [6.45, 7) is 6.58. The molecule has 14 heteroatoms. The van der Waals surface area contributed by atoms with Crippen LogP contribution in [0.5, 0.6) is 0 Å². The summed E-state index contributed by atoms with van der Waals surface area (Å²) in [7, 11) is 1.43. The van der Waals surface area contributed by atoms with Crippen molar-refractivity contribution in [3.05, 3.63) is 108 Å². The number of H-pyrrole nitrogens is 2. The van der Waals surface area contributed by atoms with Gasteiger partial charge in [0, 0.05) is 20.1 Å². The lowest BCUT2D eigenvalue weighted by molar-refractivity contribution is -0.139. The van der Waals surface area contributed by atoms with Gasteiger partial charge in [0.05, 0.1) is 35.9 Å². The summed E-state index contributed by atoms with van der Waals surface area (Å²) in [5, 5.41) is 12.8. The van der Waals surface area contributed by atoms with Crippen LogP contribution in [0.1, 0.15) is 107 Å². The lowest BCUT2D eigenvalue weighted by Gasteiger charge is -2.36. The highest BCUT2D eigenvalue weighted by Crippen LogP contribution is 2.39. The van der Waals surface area contributed by atoms with Crippen LogP contribution in [-0.4, -0.2) is 95.0 Å². The fourth-order valence-electron chi connectivity index (χ4n) is 9.18. The molecule has 3 aliphatic rings. The summed E-state index contributed by atoms with van der Waals surface area (Å²) in [6.07, 6.45) is 7.95. The van der Waals surface area contributed by atoms with Crippen LogP contribution in [0, 0.1) is 0 Å². The average molecular weight is 827 g/mol. The van der Waals surface area contributed by atoms with E-state index in [2.05, 4.69) is 51.7 Å². The van der Waals surface area contributed by atoms with Gasteiger partial charge in [-0.15, -0.1) is 0 Å². The van der Waals surface area contributed by atoms with Crippen molar-refractivity contribution < 1.29 is 29.0 Å². The average Bonchev–Trinajstić information content (AvgIpc) is 4.10. The minimum atomic E-state index is -1.17. The first kappa shape index (κ1) is 41.3. The molecule has 5 aromatic rings. The highest BCUT2D eigenvalue weighted by Gasteiger charge is 2.48. The van der Waals surface area contributed by atoms with Crippen molar-refractivity contribution >= 4 is 24.0 Å². The second-order valence-corrected chi connectivity index (χ2v) is 17.5. The molecule has 0 unspecified atom stereocenters. The molecule has 14 nitrogen and oxygen atoms in total. The lowest BCUT2D eigenvalue weighted by atomic mass is 9.95. The molecule has 2 saturated heterocycles. The molecule has 61 heavy (non-hydrogen) atoms. The second kappa shape index (κ2) is 16.9. The first-order chi connectivity index (χ1) is 29.3. The van der Waals surface area contributed by atoms with Crippen molar-refractivity contribution in [1.29, 1.82) is 0 Å². The number of ether oxygens (including phenoxy) is 1. The first-order valence-electron chi connectivity index (χ1n) is 21.2. The zero-order valence-corrected chi connectivity index (χ0v) is 35.2. The number of aromatic nitrogens is 4. The van der Waals surface area contributed by atoms with E-state index in [0.29, 0.717) is 37.3 Å². The number of rotatable bonds is 10. The standard InChI is InChI=1S/C47H54N8O6/c1-46(2,3)61-44(58)52-47(24-8-9-25-47)43(57)55-27-11-15-38(55)41-49-29-36(51-41)33-22-18-31(19-23-33)30-16-20-32(21-17-30)35-28-48-40(50-35)37-14-10-26-54(37)42(56)39(53(4)45(59)60)34-12-6-5-7-13-34/h5-7,12-13,16-23,28-29,37-39H,8-11,14-15,24-27H2,1-4H3,(H,48,50)(H,49,51)(H,52,58)(H,59,60)/t37-,38-,39+/m0/s1. The van der Waals surface area contributed by atoms with Crippen LogP contribution < -0.4 is 5.32 Å². The number of carboxylic acid groups (broad SMARTS) is 1. The number of alkyl carbamates (subject to hydrolysis) is 1. The van der Waals surface area contributed by atoms with Crippen molar-refractivity contribution in [3.63, 3.8) is 0 Å². The van der Waals surface area contributed by atoms with Crippen LogP contribution in [0.15, 0.2) is 91.3 Å². The van der Waals surface area contributed by atoms with Crippen LogP contribution in [-0.2, 0) is 14.3 Å². The monoisotopic (exact) mass is 826 g/mol. The largest absolute Gasteiger partial charge is 0.465 e. The number of hydrogen-bond acceptors (Lipinski definition) is 7. The molecule has 0 spiro atoms. The number of aromatic amines is 2. The van der Waals surface area contributed by atoms with Crippen LogP contribution in [0.4, 0.5) is 9.59 Å². The van der Waals surface area contributed by atoms with Crippen molar-refractivity contribution in [1.82, 2.24) is 40.0 Å². The van der Waals surface area contributed by atoms with Crippen LogP contribution in [0.25, 0.3) is 33.6 Å². The SMILES string of the molecule is CN(C(=O)O)[C@@H](C(=O)N1CCC[C@H]1c1ncc(-c2ccc(-c3ccc(-c4cnc([C@@H]5CCCN5C(=O)C5(NC(=O)OC(C)(C)C)CCCC5)[nH]4)cc3)cc2)[nH]1)c1ccccc1. The molecule has 4 N–H and O–H groups in total. The molecule has 3 fully saturated rings. The fraction of sp³-hybridized carbons (Fsp3) is 0.404. The Bertz CT molecular complexity index is 2360. The van der Waals surface area contributed by atoms with Gasteiger partial charge < -0.3 is 34.9 Å². The Labute approximate surface area is 355 Å². The van der Waals surface area contributed by atoms with Crippen LogP contribution >= 0.6 is 0 Å². The van der Waals surface area contributed by atoms with Gasteiger partial charge >= 0.3 is 12.2 Å². The molecule has 4 heterocycles. The molecule has 1 saturated carbocycles. The number of benzene rings is 3. The Morgan fingerprint density at radius 1 is 0.754 bits per heavy atom. The number of imidazole rings is 2. The predicted octanol–water partition coefficient (Wildman–Crippen LogP) is 8.65. The summed E-state index contributed by atoms with van der Waals surface area (Å²) < 4.78 is 5.55. The van der Waals surface area contributed by atoms with Gasteiger partial charge in [-0.25, -0.2) is 19.6 Å². The number of carbonyl (C=O) groups excluding carboxylic acids is 3. The Morgan fingerprint density at radius 3 is 1.75 bits per heavy atom. The number of carbonyl (C=O) groups is 4. The lowest BCUT2D eigenvalue weighted by Crippen LogP contribution is -2.58. The van der Waals surface area contributed by atoms with Crippen molar-refractivity contribution in [3.8, 4) is 33.6 Å². The van der Waals surface area contributed by atoms with Gasteiger partial charge in [-0.2, -0.15) is 0 Å². The molecule has 318 valence electrons. The molecular weight excluding hydrogens is 773 g/mol. The molecule has 4 amide bonds. The summed E-state index contributed by atoms with van der Waals surface area (Å²) in [5.41, 5.74) is 4.71. The quantitative estimate of drug-likeness (QED) is 0.108. The maximum Gasteiger partial charge on any atom is 0.408 e. The van der Waals surface area contributed by atoms with Crippen LogP contribution in [0.3, 0.4) is 0 Å². The van der Waals surface area contributed by atoms with Gasteiger partial charge in [-0.1, -0.05) is 91.7 Å². The third kappa shape index (κ3) is 8.61. The third-order valence-electron chi connectivity index (χ3n) is 12.2. The molecule has 8 rings (SSSR count). The van der Waals surface area contributed by atoms with Gasteiger partial charge in [0.15, 0.2) is 0 Å². The van der Waals surface area contributed by atoms with Gasteiger partial charge in [0.25, 0.3) is 5.91 Å². The topological polar surface area (TPSA) is 177 Å². The van der Waals surface area contributed by atoms with E-state index in [1.54, 1.807) is 35.4 Å². The number of likely N-dealkylation sites (tertiary alicyclic amines) is 2. The maximum absolute atomic E-state index is 14.2. The number of likely N-dealkylation sites (N-methyl/N-ethyl adjacent to an activating group) is 1. The zero-order valence-electron chi connectivity index (χ0n) is 35.2. The smallest absolute Gasteiger partial charge is 0.408 e. The van der Waals surface area contributed by atoms with Crippen molar-refractivity contribution in [2.24, 2.45) is 0 Å². The van der Waals surface area contributed by atoms with E-state index in [0.717, 1.165) is 82.9 Å². The van der Waals surface area contributed by atoms with Crippen molar-refractivity contribution in [2.75, 3.05) is 20.1 Å². The van der Waals surface area contributed by atoms with E-state index in [9.17, 15) is 24.3 Å². The summed E-state index contributed by atoms with van der Waals surface area (Å²) in [4.78, 5) is 74.1. The Hall–Kier alpha value is -6.44. The number of nitrogens with one attached hydrogen (secondary N) is 3. The molecule has 1 aliphatic carbocycles. The second-order valence-electron chi connectivity index (χ2n) is 17.5. The number of hydrogen-bond donors (Lipinski definition) is 4. The zero-order chi connectivity index (χ0) is 42.9.